The minimum Gasteiger partial charge on any atom is -0.334 e. The Balaban J connectivity index is 2.09. The van der Waals surface area contributed by atoms with E-state index in [-0.39, 0.29) is 5.91 Å². The first kappa shape index (κ1) is 13.3. The normalized spacial score (nSPS) is 10.4. The highest BCUT2D eigenvalue weighted by molar-refractivity contribution is 5.93. The van der Waals surface area contributed by atoms with Gasteiger partial charge in [-0.3, -0.25) is 9.89 Å². The minimum absolute atomic E-state index is 0.0222. The molecule has 1 aromatic heterocycles. The summed E-state index contributed by atoms with van der Waals surface area (Å²) in [6, 6.07) is 9.93. The number of hydrogen-bond donors (Lipinski definition) is 2. The number of nitrogens with zero attached hydrogens (tertiary/aromatic N) is 2. The van der Waals surface area contributed by atoms with E-state index in [1.165, 1.54) is 0 Å². The molecule has 5 nitrogen and oxygen atoms in total. The van der Waals surface area contributed by atoms with E-state index in [9.17, 15) is 4.79 Å². The van der Waals surface area contributed by atoms with E-state index in [0.29, 0.717) is 25.2 Å². The molecule has 2 rings (SSSR count). The van der Waals surface area contributed by atoms with Crippen molar-refractivity contribution >= 4 is 5.91 Å². The highest BCUT2D eigenvalue weighted by Gasteiger charge is 2.16. The van der Waals surface area contributed by atoms with Crippen molar-refractivity contribution in [1.82, 2.24) is 15.1 Å². The van der Waals surface area contributed by atoms with E-state index in [1.807, 2.05) is 30.3 Å². The van der Waals surface area contributed by atoms with E-state index in [1.54, 1.807) is 17.3 Å². The molecular formula is C14H18N4O. The van der Waals surface area contributed by atoms with Crippen LogP contribution in [0.2, 0.25) is 0 Å². The number of amides is 1. The zero-order valence-corrected chi connectivity index (χ0v) is 10.7. The van der Waals surface area contributed by atoms with Crippen molar-refractivity contribution in [2.75, 3.05) is 13.1 Å². The van der Waals surface area contributed by atoms with Crippen molar-refractivity contribution in [3.8, 4) is 0 Å². The Hall–Kier alpha value is -2.14. The van der Waals surface area contributed by atoms with E-state index >= 15 is 0 Å². The van der Waals surface area contributed by atoms with Gasteiger partial charge in [0.15, 0.2) is 0 Å². The molecule has 2 aromatic rings. The van der Waals surface area contributed by atoms with Crippen molar-refractivity contribution in [2.24, 2.45) is 5.73 Å². The lowest BCUT2D eigenvalue weighted by Gasteiger charge is -2.22. The van der Waals surface area contributed by atoms with Gasteiger partial charge in [-0.2, -0.15) is 5.10 Å². The van der Waals surface area contributed by atoms with Gasteiger partial charge in [0.05, 0.1) is 11.8 Å². The number of nitrogens with two attached hydrogens (primary N) is 1. The summed E-state index contributed by atoms with van der Waals surface area (Å²) in [5.74, 6) is -0.0222. The summed E-state index contributed by atoms with van der Waals surface area (Å²) in [6.45, 7) is 1.81. The molecule has 19 heavy (non-hydrogen) atoms. The lowest BCUT2D eigenvalue weighted by atomic mass is 10.2. The van der Waals surface area contributed by atoms with Gasteiger partial charge in [0.2, 0.25) is 0 Å². The molecule has 0 aliphatic heterocycles. The number of H-pyrrole nitrogens is 1. The number of aromatic nitrogens is 2. The third kappa shape index (κ3) is 3.66. The Morgan fingerprint density at radius 1 is 1.32 bits per heavy atom. The fraction of sp³-hybridized carbons (Fsp3) is 0.286. The zero-order chi connectivity index (χ0) is 13.5. The largest absolute Gasteiger partial charge is 0.334 e. The van der Waals surface area contributed by atoms with Gasteiger partial charge in [-0.05, 0) is 18.5 Å². The first-order chi connectivity index (χ1) is 9.31. The van der Waals surface area contributed by atoms with Gasteiger partial charge < -0.3 is 10.6 Å². The molecule has 3 N–H and O–H groups in total. The van der Waals surface area contributed by atoms with Crippen LogP contribution in [0.1, 0.15) is 22.3 Å². The van der Waals surface area contributed by atoms with Crippen LogP contribution in [0, 0.1) is 0 Å². The van der Waals surface area contributed by atoms with E-state index in [0.717, 1.165) is 12.0 Å². The Kier molecular flexibility index (Phi) is 4.69. The topological polar surface area (TPSA) is 75.0 Å². The molecule has 0 spiro atoms. The number of hydrogen-bond acceptors (Lipinski definition) is 3. The van der Waals surface area contributed by atoms with Crippen LogP contribution >= 0.6 is 0 Å². The van der Waals surface area contributed by atoms with E-state index < -0.39 is 0 Å². The highest BCUT2D eigenvalue weighted by atomic mass is 16.2. The van der Waals surface area contributed by atoms with Crippen LogP contribution < -0.4 is 5.73 Å². The lowest BCUT2D eigenvalue weighted by molar-refractivity contribution is 0.0742. The first-order valence-electron chi connectivity index (χ1n) is 6.33. The fourth-order valence-corrected chi connectivity index (χ4v) is 1.89. The number of carbonyl (C=O) groups excluding carboxylic acids is 1. The molecule has 5 heteroatoms. The van der Waals surface area contributed by atoms with E-state index in [2.05, 4.69) is 10.2 Å². The van der Waals surface area contributed by atoms with Gasteiger partial charge in [0.1, 0.15) is 0 Å². The van der Waals surface area contributed by atoms with Gasteiger partial charge in [0.25, 0.3) is 5.91 Å². The standard InChI is InChI=1S/C14H18N4O/c15-7-4-8-18(11-12-5-2-1-3-6-12)14(19)13-9-16-17-10-13/h1-3,5-6,9-10H,4,7-8,11,15H2,(H,16,17). The van der Waals surface area contributed by atoms with Gasteiger partial charge in [0, 0.05) is 19.3 Å². The molecule has 0 unspecified atom stereocenters. The van der Waals surface area contributed by atoms with Crippen LogP contribution in [0.5, 0.6) is 0 Å². The smallest absolute Gasteiger partial charge is 0.257 e. The van der Waals surface area contributed by atoms with Crippen molar-refractivity contribution in [2.45, 2.75) is 13.0 Å². The summed E-state index contributed by atoms with van der Waals surface area (Å²) in [4.78, 5) is 14.1. The molecule has 1 heterocycles. The van der Waals surface area contributed by atoms with Crippen LogP contribution in [0.25, 0.3) is 0 Å². The predicted octanol–water partition coefficient (Wildman–Crippen LogP) is 1.40. The Bertz CT molecular complexity index is 495. The summed E-state index contributed by atoms with van der Waals surface area (Å²) >= 11 is 0. The number of nitrogens with one attached hydrogen (secondary N) is 1. The Labute approximate surface area is 112 Å². The predicted molar refractivity (Wildman–Crippen MR) is 73.4 cm³/mol. The average molecular weight is 258 g/mol. The summed E-state index contributed by atoms with van der Waals surface area (Å²) in [5.41, 5.74) is 7.22. The molecule has 0 saturated carbocycles. The molecular weight excluding hydrogens is 240 g/mol. The molecule has 100 valence electrons. The second-order valence-corrected chi connectivity index (χ2v) is 4.34. The van der Waals surface area contributed by atoms with Crippen LogP contribution in [-0.4, -0.2) is 34.1 Å². The average Bonchev–Trinajstić information content (AvgIpc) is 2.98. The SMILES string of the molecule is NCCCN(Cc1ccccc1)C(=O)c1cn[nH]c1. The molecule has 1 aromatic carbocycles. The van der Waals surface area contributed by atoms with Crippen molar-refractivity contribution < 1.29 is 4.79 Å². The molecule has 0 saturated heterocycles. The molecule has 1 amide bonds. The molecule has 0 fully saturated rings. The van der Waals surface area contributed by atoms with Crippen LogP contribution in [-0.2, 0) is 6.54 Å². The summed E-state index contributed by atoms with van der Waals surface area (Å²) in [5, 5.41) is 6.48. The number of carbonyl (C=O) groups is 1. The Morgan fingerprint density at radius 2 is 2.11 bits per heavy atom. The van der Waals surface area contributed by atoms with Gasteiger partial charge in [-0.15, -0.1) is 0 Å². The van der Waals surface area contributed by atoms with Crippen molar-refractivity contribution in [3.63, 3.8) is 0 Å². The lowest BCUT2D eigenvalue weighted by Crippen LogP contribution is -2.32. The van der Waals surface area contributed by atoms with Gasteiger partial charge in [-0.25, -0.2) is 0 Å². The van der Waals surface area contributed by atoms with Gasteiger partial charge in [-0.1, -0.05) is 30.3 Å². The number of rotatable bonds is 6. The minimum atomic E-state index is -0.0222. The van der Waals surface area contributed by atoms with Crippen LogP contribution in [0.3, 0.4) is 0 Å². The van der Waals surface area contributed by atoms with Crippen LogP contribution in [0.15, 0.2) is 42.7 Å². The maximum Gasteiger partial charge on any atom is 0.257 e. The summed E-state index contributed by atoms with van der Waals surface area (Å²) in [6.07, 6.45) is 3.95. The third-order valence-electron chi connectivity index (χ3n) is 2.88. The third-order valence-corrected chi connectivity index (χ3v) is 2.88. The van der Waals surface area contributed by atoms with Crippen LogP contribution in [0.4, 0.5) is 0 Å². The summed E-state index contributed by atoms with van der Waals surface area (Å²) in [7, 11) is 0. The maximum absolute atomic E-state index is 12.3. The summed E-state index contributed by atoms with van der Waals surface area (Å²) < 4.78 is 0. The van der Waals surface area contributed by atoms with Gasteiger partial charge >= 0.3 is 0 Å². The second kappa shape index (κ2) is 6.70. The molecule has 0 atom stereocenters. The molecule has 0 radical (unpaired) electrons. The number of benzene rings is 1. The molecule has 0 bridgehead atoms. The first-order valence-corrected chi connectivity index (χ1v) is 6.33. The maximum atomic E-state index is 12.3. The highest BCUT2D eigenvalue weighted by Crippen LogP contribution is 2.09. The Morgan fingerprint density at radius 3 is 2.74 bits per heavy atom. The zero-order valence-electron chi connectivity index (χ0n) is 10.7. The molecule has 0 aliphatic rings. The second-order valence-electron chi connectivity index (χ2n) is 4.34. The monoisotopic (exact) mass is 258 g/mol. The number of aromatic amines is 1. The quantitative estimate of drug-likeness (QED) is 0.822. The van der Waals surface area contributed by atoms with E-state index in [4.69, 9.17) is 5.73 Å². The molecule has 0 aliphatic carbocycles. The van der Waals surface area contributed by atoms with Crippen molar-refractivity contribution in [3.05, 3.63) is 53.9 Å². The fourth-order valence-electron chi connectivity index (χ4n) is 1.89. The van der Waals surface area contributed by atoms with Crippen molar-refractivity contribution in [1.29, 1.82) is 0 Å².